The van der Waals surface area contributed by atoms with Gasteiger partial charge in [0.25, 0.3) is 5.91 Å². The van der Waals surface area contributed by atoms with E-state index in [1.165, 1.54) is 19.3 Å². The van der Waals surface area contributed by atoms with Crippen molar-refractivity contribution in [2.24, 2.45) is 10.8 Å². The SMILES string of the molecule is CCN(CC)CCSCc1cccc(C(N)=O)c1.COc1ccc(/C=N/NC(=O)c2cc(N3CCCCC3)ccc2N)cc1. The number of nitrogen functional groups attached to an aromatic ring is 1. The molecule has 1 heterocycles. The average molecular weight is 619 g/mol. The van der Waals surface area contributed by atoms with Crippen LogP contribution in [-0.2, 0) is 5.75 Å². The molecule has 1 aliphatic rings. The number of benzene rings is 3. The number of carbonyl (C=O) groups is 2. The maximum absolute atomic E-state index is 12.4. The fourth-order valence-corrected chi connectivity index (χ4v) is 5.69. The largest absolute Gasteiger partial charge is 0.497 e. The van der Waals surface area contributed by atoms with Gasteiger partial charge in [0, 0.05) is 48.1 Å². The summed E-state index contributed by atoms with van der Waals surface area (Å²) in [6.07, 6.45) is 5.21. The van der Waals surface area contributed by atoms with Crippen LogP contribution in [0, 0.1) is 0 Å². The third kappa shape index (κ3) is 11.2. The van der Waals surface area contributed by atoms with E-state index in [2.05, 4.69) is 34.2 Å². The van der Waals surface area contributed by atoms with Crippen LogP contribution < -0.4 is 26.5 Å². The Bertz CT molecular complexity index is 1360. The fraction of sp³-hybridized carbons (Fsp3) is 0.382. The number of thioether (sulfide) groups is 1. The zero-order chi connectivity index (χ0) is 31.7. The number of rotatable bonds is 13. The second-order valence-corrected chi connectivity index (χ2v) is 11.5. The first-order valence-corrected chi connectivity index (χ1v) is 16.3. The van der Waals surface area contributed by atoms with Gasteiger partial charge in [0.2, 0.25) is 5.91 Å². The van der Waals surface area contributed by atoms with Crippen LogP contribution in [0.3, 0.4) is 0 Å². The van der Waals surface area contributed by atoms with Gasteiger partial charge in [0.05, 0.1) is 18.9 Å². The molecule has 0 radical (unpaired) electrons. The van der Waals surface area contributed by atoms with Gasteiger partial charge in [-0.1, -0.05) is 26.0 Å². The van der Waals surface area contributed by atoms with Crippen molar-refractivity contribution in [3.05, 3.63) is 89.0 Å². The summed E-state index contributed by atoms with van der Waals surface area (Å²) in [5, 5.41) is 4.02. The van der Waals surface area contributed by atoms with E-state index >= 15 is 0 Å². The standard InChI is InChI=1S/C20H24N4O2.C14H22N2OS/c1-26-17-8-5-15(6-9-17)14-22-23-20(25)18-13-16(7-10-19(18)21)24-11-3-2-4-12-24;1-3-16(4-2)8-9-18-11-12-6-5-7-13(10-12)14(15)17/h5-10,13-14H,2-4,11-12,21H2,1H3,(H,23,25);5-7,10H,3-4,8-9,11H2,1-2H3,(H2,15,17)/b22-14+;. The molecule has 2 amide bonds. The topological polar surface area (TPSA) is 126 Å². The summed E-state index contributed by atoms with van der Waals surface area (Å²) in [6, 6.07) is 20.6. The third-order valence-electron chi connectivity index (χ3n) is 7.42. The molecule has 1 aliphatic heterocycles. The van der Waals surface area contributed by atoms with Gasteiger partial charge >= 0.3 is 0 Å². The monoisotopic (exact) mass is 618 g/mol. The van der Waals surface area contributed by atoms with Gasteiger partial charge in [0.1, 0.15) is 5.75 Å². The fourth-order valence-electron chi connectivity index (χ4n) is 4.74. The van der Waals surface area contributed by atoms with Crippen molar-refractivity contribution in [1.29, 1.82) is 0 Å². The minimum atomic E-state index is -0.356. The molecule has 1 saturated heterocycles. The number of carbonyl (C=O) groups excluding carboxylic acids is 2. The minimum absolute atomic E-state index is 0.314. The summed E-state index contributed by atoms with van der Waals surface area (Å²) in [5.74, 6) is 2.15. The number of hydrazone groups is 1. The molecule has 0 saturated carbocycles. The number of nitrogens with two attached hydrogens (primary N) is 2. The van der Waals surface area contributed by atoms with Gasteiger partial charge in [-0.15, -0.1) is 0 Å². The van der Waals surface area contributed by atoms with Crippen molar-refractivity contribution in [1.82, 2.24) is 10.3 Å². The number of hydrogen-bond donors (Lipinski definition) is 3. The molecule has 0 aliphatic carbocycles. The van der Waals surface area contributed by atoms with E-state index in [9.17, 15) is 9.59 Å². The number of nitrogens with zero attached hydrogens (tertiary/aromatic N) is 3. The molecule has 0 aromatic heterocycles. The van der Waals surface area contributed by atoms with Crippen LogP contribution in [-0.4, -0.2) is 68.5 Å². The smallest absolute Gasteiger partial charge is 0.273 e. The molecule has 0 spiro atoms. The summed E-state index contributed by atoms with van der Waals surface area (Å²) in [6.45, 7) is 9.73. The minimum Gasteiger partial charge on any atom is -0.497 e. The highest BCUT2D eigenvalue weighted by Gasteiger charge is 2.15. The number of amides is 2. The number of ether oxygens (including phenoxy) is 1. The Morgan fingerprint density at radius 1 is 1.02 bits per heavy atom. The highest BCUT2D eigenvalue weighted by molar-refractivity contribution is 7.98. The van der Waals surface area contributed by atoms with E-state index in [4.69, 9.17) is 16.2 Å². The van der Waals surface area contributed by atoms with Gasteiger partial charge < -0.3 is 26.0 Å². The van der Waals surface area contributed by atoms with Crippen molar-refractivity contribution in [3.63, 3.8) is 0 Å². The molecule has 10 heteroatoms. The van der Waals surface area contributed by atoms with Crippen LogP contribution >= 0.6 is 11.8 Å². The molecule has 0 atom stereocenters. The first-order valence-electron chi connectivity index (χ1n) is 15.1. The summed E-state index contributed by atoms with van der Waals surface area (Å²) >= 11 is 1.89. The Morgan fingerprint density at radius 2 is 1.75 bits per heavy atom. The van der Waals surface area contributed by atoms with E-state index in [0.29, 0.717) is 16.8 Å². The first-order chi connectivity index (χ1) is 21.3. The zero-order valence-electron chi connectivity index (χ0n) is 26.1. The predicted octanol–water partition coefficient (Wildman–Crippen LogP) is 5.39. The van der Waals surface area contributed by atoms with Crippen molar-refractivity contribution in [2.45, 2.75) is 38.9 Å². The van der Waals surface area contributed by atoms with Crippen LogP contribution in [0.25, 0.3) is 0 Å². The normalized spacial score (nSPS) is 13.0. The highest BCUT2D eigenvalue weighted by atomic mass is 32.2. The second kappa shape index (κ2) is 18.6. The molecule has 0 bridgehead atoms. The number of hydrogen-bond acceptors (Lipinski definition) is 8. The maximum atomic E-state index is 12.4. The quantitative estimate of drug-likeness (QED) is 0.101. The maximum Gasteiger partial charge on any atom is 0.273 e. The Labute approximate surface area is 266 Å². The van der Waals surface area contributed by atoms with Crippen LogP contribution in [0.1, 0.15) is 65.0 Å². The van der Waals surface area contributed by atoms with Gasteiger partial charge in [-0.3, -0.25) is 9.59 Å². The lowest BCUT2D eigenvalue weighted by atomic mass is 10.1. The molecular weight excluding hydrogens is 572 g/mol. The van der Waals surface area contributed by atoms with E-state index in [-0.39, 0.29) is 11.8 Å². The third-order valence-corrected chi connectivity index (χ3v) is 8.43. The van der Waals surface area contributed by atoms with E-state index in [1.807, 2.05) is 66.4 Å². The molecule has 3 aromatic carbocycles. The van der Waals surface area contributed by atoms with E-state index in [0.717, 1.165) is 66.8 Å². The van der Waals surface area contributed by atoms with Gasteiger partial charge in [0.15, 0.2) is 0 Å². The molecule has 4 rings (SSSR count). The molecule has 0 unspecified atom stereocenters. The number of methoxy groups -OCH3 is 1. The summed E-state index contributed by atoms with van der Waals surface area (Å²) in [5.41, 5.74) is 18.3. The van der Waals surface area contributed by atoms with Gasteiger partial charge in [-0.2, -0.15) is 16.9 Å². The van der Waals surface area contributed by atoms with Crippen molar-refractivity contribution in [3.8, 4) is 5.75 Å². The van der Waals surface area contributed by atoms with Crippen LogP contribution in [0.5, 0.6) is 5.75 Å². The number of primary amides is 1. The molecule has 236 valence electrons. The number of piperidine rings is 1. The molecule has 9 nitrogen and oxygen atoms in total. The number of nitrogens with one attached hydrogen (secondary N) is 1. The first kappa shape index (κ1) is 34.5. The Hall–Kier alpha value is -4.02. The van der Waals surface area contributed by atoms with Gasteiger partial charge in [-0.05, 0) is 98.1 Å². The summed E-state index contributed by atoms with van der Waals surface area (Å²) < 4.78 is 5.11. The predicted molar refractivity (Wildman–Crippen MR) is 184 cm³/mol. The lowest BCUT2D eigenvalue weighted by molar-refractivity contribution is 0.0954. The molecular formula is C34H46N6O3S. The highest BCUT2D eigenvalue weighted by Crippen LogP contribution is 2.24. The molecule has 5 N–H and O–H groups in total. The lowest BCUT2D eigenvalue weighted by Gasteiger charge is -2.29. The summed E-state index contributed by atoms with van der Waals surface area (Å²) in [7, 11) is 1.62. The van der Waals surface area contributed by atoms with Crippen LogP contribution in [0.2, 0.25) is 0 Å². The second-order valence-electron chi connectivity index (χ2n) is 10.4. The van der Waals surface area contributed by atoms with E-state index < -0.39 is 0 Å². The Kier molecular flexibility index (Phi) is 14.6. The van der Waals surface area contributed by atoms with Gasteiger partial charge in [-0.25, -0.2) is 5.43 Å². The Balaban J connectivity index is 0.000000259. The molecule has 3 aromatic rings. The van der Waals surface area contributed by atoms with Crippen molar-refractivity contribution in [2.75, 3.05) is 56.2 Å². The lowest BCUT2D eigenvalue weighted by Crippen LogP contribution is -2.29. The Morgan fingerprint density at radius 3 is 2.41 bits per heavy atom. The molecule has 1 fully saturated rings. The van der Waals surface area contributed by atoms with Crippen LogP contribution in [0.15, 0.2) is 71.8 Å². The summed E-state index contributed by atoms with van der Waals surface area (Å²) in [4.78, 5) is 28.2. The van der Waals surface area contributed by atoms with Crippen molar-refractivity contribution >= 4 is 41.2 Å². The van der Waals surface area contributed by atoms with Crippen LogP contribution in [0.4, 0.5) is 11.4 Å². The van der Waals surface area contributed by atoms with E-state index in [1.54, 1.807) is 25.5 Å². The average Bonchev–Trinajstić information content (AvgIpc) is 3.06. The number of anilines is 2. The molecule has 44 heavy (non-hydrogen) atoms. The zero-order valence-corrected chi connectivity index (χ0v) is 26.9. The van der Waals surface area contributed by atoms with Crippen molar-refractivity contribution < 1.29 is 14.3 Å².